The summed E-state index contributed by atoms with van der Waals surface area (Å²) < 4.78 is 18.7. The van der Waals surface area contributed by atoms with Crippen LogP contribution < -0.4 is 0 Å². The minimum absolute atomic E-state index is 0.0517. The van der Waals surface area contributed by atoms with Crippen LogP contribution in [0.1, 0.15) is 19.8 Å². The van der Waals surface area contributed by atoms with Crippen LogP contribution in [0.4, 0.5) is 0 Å². The van der Waals surface area contributed by atoms with Crippen LogP contribution in [-0.4, -0.2) is 61.8 Å². The van der Waals surface area contributed by atoms with Crippen LogP contribution in [0.5, 0.6) is 0 Å². The SMILES string of the molecule is CCC(CO)(CO)COCCC[Si](C)(O[Si](C)(C)C)O[Si](C)(C)C. The Morgan fingerprint density at radius 3 is 1.62 bits per heavy atom. The molecule has 0 spiro atoms. The monoisotopic (exact) mass is 396 g/mol. The first-order chi connectivity index (χ1) is 10.8. The van der Waals surface area contributed by atoms with E-state index in [0.717, 1.165) is 12.5 Å². The molecule has 0 saturated heterocycles. The fraction of sp³-hybridized carbons (Fsp3) is 1.00. The molecule has 0 bridgehead atoms. The summed E-state index contributed by atoms with van der Waals surface area (Å²) in [6.45, 7) is 18.3. The lowest BCUT2D eigenvalue weighted by molar-refractivity contribution is -0.0298. The number of rotatable bonds is 13. The van der Waals surface area contributed by atoms with Gasteiger partial charge in [-0.15, -0.1) is 0 Å². The predicted octanol–water partition coefficient (Wildman–Crippen LogP) is 3.55. The Kier molecular flexibility index (Phi) is 10.1. The molecule has 0 aromatic heterocycles. The molecule has 24 heavy (non-hydrogen) atoms. The van der Waals surface area contributed by atoms with Gasteiger partial charge in [-0.2, -0.15) is 0 Å². The molecule has 0 aliphatic rings. The number of aliphatic hydroxyl groups excluding tert-OH is 2. The van der Waals surface area contributed by atoms with Crippen molar-refractivity contribution in [3.8, 4) is 0 Å². The van der Waals surface area contributed by atoms with E-state index in [0.29, 0.717) is 19.6 Å². The normalized spacial score (nSPS) is 14.2. The van der Waals surface area contributed by atoms with Gasteiger partial charge in [0.25, 0.3) is 0 Å². The Morgan fingerprint density at radius 2 is 1.29 bits per heavy atom. The standard InChI is InChI=1S/C16H40O5Si3/c1-9-16(13-17,14-18)15-19-11-10-12-24(8,20-22(2,3)4)21-23(5,6)7/h17-18H,9-15H2,1-8H3. The molecule has 0 aliphatic carbocycles. The number of hydrogen-bond acceptors (Lipinski definition) is 5. The molecule has 0 saturated carbocycles. The van der Waals surface area contributed by atoms with E-state index in [9.17, 15) is 10.2 Å². The highest BCUT2D eigenvalue weighted by Gasteiger charge is 2.39. The molecule has 0 atom stereocenters. The lowest BCUT2D eigenvalue weighted by Crippen LogP contribution is -2.52. The van der Waals surface area contributed by atoms with Crippen LogP contribution in [0, 0.1) is 5.41 Å². The summed E-state index contributed by atoms with van der Waals surface area (Å²) in [7, 11) is -5.51. The third kappa shape index (κ3) is 10.4. The van der Waals surface area contributed by atoms with Crippen molar-refractivity contribution in [2.75, 3.05) is 26.4 Å². The summed E-state index contributed by atoms with van der Waals surface area (Å²) in [5.41, 5.74) is -0.523. The molecule has 0 aliphatic heterocycles. The van der Waals surface area contributed by atoms with Crippen molar-refractivity contribution < 1.29 is 23.2 Å². The first kappa shape index (κ1) is 24.5. The Labute approximate surface area is 152 Å². The van der Waals surface area contributed by atoms with Gasteiger partial charge in [0.1, 0.15) is 0 Å². The molecule has 0 amide bonds. The van der Waals surface area contributed by atoms with Gasteiger partial charge in [-0.05, 0) is 64.7 Å². The number of hydrogen-bond donors (Lipinski definition) is 2. The first-order valence-corrected chi connectivity index (χ1v) is 18.3. The van der Waals surface area contributed by atoms with Gasteiger partial charge in [0.15, 0.2) is 16.6 Å². The van der Waals surface area contributed by atoms with Gasteiger partial charge < -0.3 is 23.2 Å². The van der Waals surface area contributed by atoms with Gasteiger partial charge >= 0.3 is 8.56 Å². The quantitative estimate of drug-likeness (QED) is 0.368. The maximum atomic E-state index is 9.45. The molecule has 146 valence electrons. The van der Waals surface area contributed by atoms with Gasteiger partial charge in [0, 0.05) is 12.0 Å². The molecule has 8 heteroatoms. The molecule has 0 fully saturated rings. The van der Waals surface area contributed by atoms with Crippen molar-refractivity contribution in [3.63, 3.8) is 0 Å². The van der Waals surface area contributed by atoms with Crippen molar-refractivity contribution in [1.82, 2.24) is 0 Å². The highest BCUT2D eigenvalue weighted by atomic mass is 28.5. The van der Waals surface area contributed by atoms with Gasteiger partial charge in [0.05, 0.1) is 19.8 Å². The Balaban J connectivity index is 4.53. The highest BCUT2D eigenvalue weighted by molar-refractivity contribution is 6.87. The summed E-state index contributed by atoms with van der Waals surface area (Å²) in [4.78, 5) is 0. The zero-order valence-corrected chi connectivity index (χ0v) is 20.1. The predicted molar refractivity (Wildman–Crippen MR) is 108 cm³/mol. The van der Waals surface area contributed by atoms with Crippen LogP contribution in [0.2, 0.25) is 51.9 Å². The topological polar surface area (TPSA) is 68.2 Å². The molecule has 0 heterocycles. The molecule has 0 unspecified atom stereocenters. The zero-order chi connectivity index (χ0) is 19.1. The maximum Gasteiger partial charge on any atom is 0.314 e. The number of ether oxygens (including phenoxy) is 1. The van der Waals surface area contributed by atoms with Crippen molar-refractivity contribution in [3.05, 3.63) is 0 Å². The largest absolute Gasteiger partial charge is 0.437 e. The maximum absolute atomic E-state index is 9.45. The van der Waals surface area contributed by atoms with Gasteiger partial charge in [-0.3, -0.25) is 0 Å². The van der Waals surface area contributed by atoms with Crippen molar-refractivity contribution >= 4 is 25.2 Å². The average Bonchev–Trinajstić information content (AvgIpc) is 2.39. The molecule has 0 aromatic carbocycles. The second kappa shape index (κ2) is 9.96. The number of aliphatic hydroxyl groups is 2. The van der Waals surface area contributed by atoms with Crippen LogP contribution >= 0.6 is 0 Å². The van der Waals surface area contributed by atoms with Crippen LogP contribution in [0.15, 0.2) is 0 Å². The van der Waals surface area contributed by atoms with Crippen molar-refractivity contribution in [2.45, 2.75) is 71.6 Å². The van der Waals surface area contributed by atoms with E-state index in [2.05, 4.69) is 45.8 Å². The van der Waals surface area contributed by atoms with Crippen LogP contribution in [-0.2, 0) is 13.0 Å². The Bertz CT molecular complexity index is 324. The summed E-state index contributed by atoms with van der Waals surface area (Å²) in [5, 5.41) is 18.9. The van der Waals surface area contributed by atoms with Crippen LogP contribution in [0.3, 0.4) is 0 Å². The van der Waals surface area contributed by atoms with Crippen molar-refractivity contribution in [2.24, 2.45) is 5.41 Å². The zero-order valence-electron chi connectivity index (χ0n) is 17.1. The molecule has 0 radical (unpaired) electrons. The second-order valence-corrected chi connectivity index (χ2v) is 21.7. The van der Waals surface area contributed by atoms with E-state index in [1.165, 1.54) is 0 Å². The van der Waals surface area contributed by atoms with E-state index < -0.39 is 30.6 Å². The van der Waals surface area contributed by atoms with Gasteiger partial charge in [0.2, 0.25) is 0 Å². The summed E-state index contributed by atoms with van der Waals surface area (Å²) in [5.74, 6) is 0. The van der Waals surface area contributed by atoms with Gasteiger partial charge in [-0.25, -0.2) is 0 Å². The molecular formula is C16H40O5Si3. The summed E-state index contributed by atoms with van der Waals surface area (Å²) in [6.07, 6.45) is 1.58. The molecule has 5 nitrogen and oxygen atoms in total. The van der Waals surface area contributed by atoms with Crippen LogP contribution in [0.25, 0.3) is 0 Å². The van der Waals surface area contributed by atoms with Gasteiger partial charge in [-0.1, -0.05) is 6.92 Å². The first-order valence-electron chi connectivity index (χ1n) is 9.00. The fourth-order valence-corrected chi connectivity index (χ4v) is 15.2. The minimum Gasteiger partial charge on any atom is -0.437 e. The lowest BCUT2D eigenvalue weighted by Gasteiger charge is -2.38. The van der Waals surface area contributed by atoms with E-state index >= 15 is 0 Å². The lowest BCUT2D eigenvalue weighted by atomic mass is 9.88. The minimum atomic E-state index is -2.20. The second-order valence-electron chi connectivity index (χ2n) is 8.89. The molecule has 0 aromatic rings. The summed E-state index contributed by atoms with van der Waals surface area (Å²) >= 11 is 0. The summed E-state index contributed by atoms with van der Waals surface area (Å²) in [6, 6.07) is 0.916. The van der Waals surface area contributed by atoms with E-state index in [1.54, 1.807) is 0 Å². The van der Waals surface area contributed by atoms with E-state index in [-0.39, 0.29) is 13.2 Å². The molecule has 2 N–H and O–H groups in total. The third-order valence-electron chi connectivity index (χ3n) is 3.79. The smallest absolute Gasteiger partial charge is 0.314 e. The van der Waals surface area contributed by atoms with Crippen molar-refractivity contribution in [1.29, 1.82) is 0 Å². The van der Waals surface area contributed by atoms with E-state index in [1.807, 2.05) is 6.92 Å². The fourth-order valence-electron chi connectivity index (χ4n) is 2.67. The Morgan fingerprint density at radius 1 is 0.833 bits per heavy atom. The Hall–Kier alpha value is 0.451. The molecule has 0 rings (SSSR count). The molecular weight excluding hydrogens is 356 g/mol. The van der Waals surface area contributed by atoms with E-state index in [4.69, 9.17) is 13.0 Å². The third-order valence-corrected chi connectivity index (χ3v) is 13.4. The average molecular weight is 397 g/mol. The highest BCUT2D eigenvalue weighted by Crippen LogP contribution is 2.26.